The standard InChI is InChI=1S/C14H17N3/c1-2-17(13-8-4-3-5-9-13)14-10-6-7-12(11-15)16-14/h3-10H,2,11,15H2,1H3. The van der Waals surface area contributed by atoms with E-state index < -0.39 is 0 Å². The number of hydrogen-bond donors (Lipinski definition) is 1. The van der Waals surface area contributed by atoms with Gasteiger partial charge in [-0.3, -0.25) is 0 Å². The van der Waals surface area contributed by atoms with Gasteiger partial charge in [-0.05, 0) is 31.2 Å². The second-order valence-corrected chi connectivity index (χ2v) is 3.77. The van der Waals surface area contributed by atoms with Crippen molar-refractivity contribution in [3.63, 3.8) is 0 Å². The largest absolute Gasteiger partial charge is 0.327 e. The molecule has 0 aliphatic rings. The van der Waals surface area contributed by atoms with Gasteiger partial charge in [-0.15, -0.1) is 0 Å². The maximum atomic E-state index is 5.62. The average molecular weight is 227 g/mol. The van der Waals surface area contributed by atoms with Crippen molar-refractivity contribution in [3.05, 3.63) is 54.2 Å². The van der Waals surface area contributed by atoms with Crippen LogP contribution in [0.5, 0.6) is 0 Å². The van der Waals surface area contributed by atoms with Crippen LogP contribution in [0.3, 0.4) is 0 Å². The van der Waals surface area contributed by atoms with Gasteiger partial charge in [0.2, 0.25) is 0 Å². The molecule has 3 nitrogen and oxygen atoms in total. The Labute approximate surface area is 102 Å². The predicted molar refractivity (Wildman–Crippen MR) is 71.3 cm³/mol. The number of rotatable bonds is 4. The number of nitrogens with two attached hydrogens (primary N) is 1. The molecule has 2 rings (SSSR count). The Morgan fingerprint density at radius 2 is 1.82 bits per heavy atom. The van der Waals surface area contributed by atoms with Crippen molar-refractivity contribution in [3.8, 4) is 0 Å². The van der Waals surface area contributed by atoms with Crippen LogP contribution in [0.1, 0.15) is 12.6 Å². The minimum atomic E-state index is 0.472. The molecule has 17 heavy (non-hydrogen) atoms. The molecular weight excluding hydrogens is 210 g/mol. The Bertz CT molecular complexity index is 468. The van der Waals surface area contributed by atoms with Crippen molar-refractivity contribution in [1.82, 2.24) is 4.98 Å². The molecule has 0 amide bonds. The van der Waals surface area contributed by atoms with Gasteiger partial charge in [0.1, 0.15) is 5.82 Å². The Kier molecular flexibility index (Phi) is 3.73. The first-order valence-electron chi connectivity index (χ1n) is 5.83. The van der Waals surface area contributed by atoms with E-state index in [-0.39, 0.29) is 0 Å². The molecule has 0 saturated heterocycles. The van der Waals surface area contributed by atoms with E-state index in [9.17, 15) is 0 Å². The first kappa shape index (κ1) is 11.6. The first-order valence-corrected chi connectivity index (χ1v) is 5.83. The van der Waals surface area contributed by atoms with Gasteiger partial charge in [-0.1, -0.05) is 24.3 Å². The molecule has 1 aromatic heterocycles. The van der Waals surface area contributed by atoms with Crippen LogP contribution < -0.4 is 10.6 Å². The first-order chi connectivity index (χ1) is 8.35. The molecule has 0 saturated carbocycles. The fourth-order valence-corrected chi connectivity index (χ4v) is 1.82. The third kappa shape index (κ3) is 2.63. The third-order valence-electron chi connectivity index (χ3n) is 2.66. The molecule has 0 fully saturated rings. The summed E-state index contributed by atoms with van der Waals surface area (Å²) in [7, 11) is 0. The summed E-state index contributed by atoms with van der Waals surface area (Å²) in [6, 6.07) is 16.2. The molecule has 2 N–H and O–H groups in total. The molecule has 1 aromatic carbocycles. The molecule has 0 spiro atoms. The summed E-state index contributed by atoms with van der Waals surface area (Å²) in [5.74, 6) is 0.946. The molecule has 0 bridgehead atoms. The van der Waals surface area contributed by atoms with E-state index in [1.165, 1.54) is 0 Å². The Morgan fingerprint density at radius 3 is 2.47 bits per heavy atom. The Balaban J connectivity index is 2.35. The van der Waals surface area contributed by atoms with Crippen LogP contribution >= 0.6 is 0 Å². The molecule has 2 aromatic rings. The number of anilines is 2. The molecule has 3 heteroatoms. The van der Waals surface area contributed by atoms with Crippen molar-refractivity contribution in [2.45, 2.75) is 13.5 Å². The zero-order valence-electron chi connectivity index (χ0n) is 10.0. The van der Waals surface area contributed by atoms with E-state index in [2.05, 4.69) is 28.9 Å². The van der Waals surface area contributed by atoms with E-state index in [4.69, 9.17) is 5.73 Å². The third-order valence-corrected chi connectivity index (χ3v) is 2.66. The molecule has 0 radical (unpaired) electrons. The van der Waals surface area contributed by atoms with Gasteiger partial charge in [-0.2, -0.15) is 0 Å². The van der Waals surface area contributed by atoms with Crippen LogP contribution in [-0.4, -0.2) is 11.5 Å². The van der Waals surface area contributed by atoms with Crippen LogP contribution in [0.15, 0.2) is 48.5 Å². The number of benzene rings is 1. The predicted octanol–water partition coefficient (Wildman–Crippen LogP) is 2.70. The number of hydrogen-bond acceptors (Lipinski definition) is 3. The quantitative estimate of drug-likeness (QED) is 0.873. The smallest absolute Gasteiger partial charge is 0.133 e. The van der Waals surface area contributed by atoms with Gasteiger partial charge < -0.3 is 10.6 Å². The number of pyridine rings is 1. The SMILES string of the molecule is CCN(c1ccccc1)c1cccc(CN)n1. The van der Waals surface area contributed by atoms with Crippen molar-refractivity contribution < 1.29 is 0 Å². The summed E-state index contributed by atoms with van der Waals surface area (Å²) in [5, 5.41) is 0. The molecule has 0 atom stereocenters. The van der Waals surface area contributed by atoms with Crippen molar-refractivity contribution >= 4 is 11.5 Å². The highest BCUT2D eigenvalue weighted by atomic mass is 15.2. The molecule has 88 valence electrons. The maximum absolute atomic E-state index is 5.62. The van der Waals surface area contributed by atoms with Crippen molar-refractivity contribution in [2.24, 2.45) is 5.73 Å². The van der Waals surface area contributed by atoms with Gasteiger partial charge >= 0.3 is 0 Å². The lowest BCUT2D eigenvalue weighted by Gasteiger charge is -2.22. The van der Waals surface area contributed by atoms with Crippen molar-refractivity contribution in [2.75, 3.05) is 11.4 Å². The second kappa shape index (κ2) is 5.46. The highest BCUT2D eigenvalue weighted by Gasteiger charge is 2.07. The van der Waals surface area contributed by atoms with E-state index in [1.807, 2.05) is 36.4 Å². The molecule has 0 aliphatic heterocycles. The zero-order chi connectivity index (χ0) is 12.1. The average Bonchev–Trinajstić information content (AvgIpc) is 2.41. The number of para-hydroxylation sites is 1. The summed E-state index contributed by atoms with van der Waals surface area (Å²) in [6.07, 6.45) is 0. The minimum Gasteiger partial charge on any atom is -0.327 e. The zero-order valence-corrected chi connectivity index (χ0v) is 10.0. The van der Waals surface area contributed by atoms with Gasteiger partial charge in [0.25, 0.3) is 0 Å². The van der Waals surface area contributed by atoms with Crippen LogP contribution in [0, 0.1) is 0 Å². The van der Waals surface area contributed by atoms with E-state index in [0.717, 1.165) is 23.7 Å². The van der Waals surface area contributed by atoms with Gasteiger partial charge in [0.05, 0.1) is 5.69 Å². The second-order valence-electron chi connectivity index (χ2n) is 3.77. The summed E-state index contributed by atoms with van der Waals surface area (Å²) < 4.78 is 0. The number of aromatic nitrogens is 1. The molecular formula is C14H17N3. The van der Waals surface area contributed by atoms with Crippen LogP contribution in [-0.2, 0) is 6.54 Å². The van der Waals surface area contributed by atoms with Gasteiger partial charge in [0.15, 0.2) is 0 Å². The van der Waals surface area contributed by atoms with Gasteiger partial charge in [-0.25, -0.2) is 4.98 Å². The summed E-state index contributed by atoms with van der Waals surface area (Å²) >= 11 is 0. The van der Waals surface area contributed by atoms with E-state index in [1.54, 1.807) is 0 Å². The van der Waals surface area contributed by atoms with Crippen molar-refractivity contribution in [1.29, 1.82) is 0 Å². The fraction of sp³-hybridized carbons (Fsp3) is 0.214. The highest BCUT2D eigenvalue weighted by Crippen LogP contribution is 2.22. The lowest BCUT2D eigenvalue weighted by molar-refractivity contribution is 0.939. The summed E-state index contributed by atoms with van der Waals surface area (Å²) in [4.78, 5) is 6.71. The van der Waals surface area contributed by atoms with E-state index in [0.29, 0.717) is 6.54 Å². The summed E-state index contributed by atoms with van der Waals surface area (Å²) in [6.45, 7) is 3.47. The van der Waals surface area contributed by atoms with Gasteiger partial charge in [0, 0.05) is 18.8 Å². The van der Waals surface area contributed by atoms with Crippen LogP contribution in [0.25, 0.3) is 0 Å². The molecule has 1 heterocycles. The van der Waals surface area contributed by atoms with Crippen LogP contribution in [0.2, 0.25) is 0 Å². The maximum Gasteiger partial charge on any atom is 0.133 e. The lowest BCUT2D eigenvalue weighted by Crippen LogP contribution is -2.18. The number of nitrogens with zero attached hydrogens (tertiary/aromatic N) is 2. The van der Waals surface area contributed by atoms with Crippen LogP contribution in [0.4, 0.5) is 11.5 Å². The molecule has 0 aliphatic carbocycles. The Hall–Kier alpha value is -1.87. The Morgan fingerprint density at radius 1 is 1.06 bits per heavy atom. The normalized spacial score (nSPS) is 10.2. The van der Waals surface area contributed by atoms with E-state index >= 15 is 0 Å². The highest BCUT2D eigenvalue weighted by molar-refractivity contribution is 5.59. The topological polar surface area (TPSA) is 42.1 Å². The lowest BCUT2D eigenvalue weighted by atomic mass is 10.2. The molecule has 0 unspecified atom stereocenters. The minimum absolute atomic E-state index is 0.472. The fourth-order valence-electron chi connectivity index (χ4n) is 1.82. The monoisotopic (exact) mass is 227 g/mol. The summed E-state index contributed by atoms with van der Waals surface area (Å²) in [5.41, 5.74) is 7.68.